The van der Waals surface area contributed by atoms with Gasteiger partial charge in [0.15, 0.2) is 11.5 Å². The molecule has 0 spiro atoms. The highest BCUT2D eigenvalue weighted by molar-refractivity contribution is 7.89. The standard InChI is InChI=1S/C17H18N4O6S/c22-16-5-3-4-12(17(16)23)11-18-19-14-7-6-13(10-15(14)21(24)25)28(26,27)20-8-1-2-9-20/h3-7,10-11,19,22-23H,1-2,8-9H2. The van der Waals surface area contributed by atoms with Gasteiger partial charge in [0, 0.05) is 24.7 Å². The van der Waals surface area contributed by atoms with Crippen LogP contribution in [-0.4, -0.2) is 47.2 Å². The van der Waals surface area contributed by atoms with Crippen molar-refractivity contribution in [3.05, 3.63) is 52.1 Å². The Bertz CT molecular complexity index is 1030. The molecule has 148 valence electrons. The molecule has 1 heterocycles. The third kappa shape index (κ3) is 3.89. The van der Waals surface area contributed by atoms with E-state index in [1.807, 2.05) is 0 Å². The van der Waals surface area contributed by atoms with Gasteiger partial charge < -0.3 is 10.2 Å². The smallest absolute Gasteiger partial charge is 0.295 e. The molecule has 0 saturated carbocycles. The van der Waals surface area contributed by atoms with Crippen LogP contribution in [0.1, 0.15) is 18.4 Å². The van der Waals surface area contributed by atoms with E-state index in [2.05, 4.69) is 10.5 Å². The predicted molar refractivity (Wildman–Crippen MR) is 102 cm³/mol. The number of sulfonamides is 1. The average Bonchev–Trinajstić information content (AvgIpc) is 3.21. The summed E-state index contributed by atoms with van der Waals surface area (Å²) in [6.45, 7) is 0.793. The van der Waals surface area contributed by atoms with Crippen LogP contribution in [0, 0.1) is 10.1 Å². The number of benzene rings is 2. The number of nitro groups is 1. The molecule has 11 heteroatoms. The van der Waals surface area contributed by atoms with Gasteiger partial charge in [0.2, 0.25) is 10.0 Å². The zero-order valence-electron chi connectivity index (χ0n) is 14.6. The molecule has 10 nitrogen and oxygen atoms in total. The van der Waals surface area contributed by atoms with E-state index in [1.165, 1.54) is 40.9 Å². The second-order valence-corrected chi connectivity index (χ2v) is 8.07. The minimum absolute atomic E-state index is 0.0127. The lowest BCUT2D eigenvalue weighted by molar-refractivity contribution is -0.384. The lowest BCUT2D eigenvalue weighted by Crippen LogP contribution is -2.27. The molecule has 2 aromatic rings. The van der Waals surface area contributed by atoms with E-state index in [0.29, 0.717) is 13.1 Å². The van der Waals surface area contributed by atoms with Gasteiger partial charge in [-0.2, -0.15) is 9.41 Å². The summed E-state index contributed by atoms with van der Waals surface area (Å²) >= 11 is 0. The van der Waals surface area contributed by atoms with E-state index in [-0.39, 0.29) is 27.6 Å². The molecule has 0 atom stereocenters. The van der Waals surface area contributed by atoms with Gasteiger partial charge in [-0.15, -0.1) is 0 Å². The Morgan fingerprint density at radius 2 is 1.89 bits per heavy atom. The van der Waals surface area contributed by atoms with Crippen molar-refractivity contribution in [1.82, 2.24) is 4.31 Å². The SMILES string of the molecule is O=[N+]([O-])c1cc(S(=O)(=O)N2CCCC2)ccc1NN=Cc1cccc(O)c1O. The molecule has 1 aliphatic rings. The number of nitrogens with zero attached hydrogens (tertiary/aromatic N) is 3. The van der Waals surface area contributed by atoms with Gasteiger partial charge >= 0.3 is 0 Å². The van der Waals surface area contributed by atoms with Crippen LogP contribution in [0.2, 0.25) is 0 Å². The van der Waals surface area contributed by atoms with Gasteiger partial charge in [0.25, 0.3) is 5.69 Å². The Morgan fingerprint density at radius 1 is 1.18 bits per heavy atom. The molecule has 1 aliphatic heterocycles. The third-order valence-electron chi connectivity index (χ3n) is 4.30. The third-order valence-corrected chi connectivity index (χ3v) is 6.20. The van der Waals surface area contributed by atoms with E-state index < -0.39 is 20.6 Å². The Kier molecular flexibility index (Phi) is 5.47. The van der Waals surface area contributed by atoms with E-state index in [4.69, 9.17) is 0 Å². The summed E-state index contributed by atoms with van der Waals surface area (Å²) in [6.07, 6.45) is 2.70. The van der Waals surface area contributed by atoms with Crippen molar-refractivity contribution in [2.45, 2.75) is 17.7 Å². The first kappa shape index (κ1) is 19.6. The summed E-state index contributed by atoms with van der Waals surface area (Å²) in [7, 11) is -3.78. The summed E-state index contributed by atoms with van der Waals surface area (Å²) in [4.78, 5) is 10.5. The monoisotopic (exact) mass is 406 g/mol. The Hall–Kier alpha value is -3.18. The lowest BCUT2D eigenvalue weighted by Gasteiger charge is -2.15. The number of nitrogens with one attached hydrogen (secondary N) is 1. The van der Waals surface area contributed by atoms with Crippen molar-refractivity contribution in [3.8, 4) is 11.5 Å². The number of hydrogen-bond donors (Lipinski definition) is 3. The van der Waals surface area contributed by atoms with Crippen LogP contribution in [0.3, 0.4) is 0 Å². The summed E-state index contributed by atoms with van der Waals surface area (Å²) in [6, 6.07) is 7.82. The van der Waals surface area contributed by atoms with Crippen molar-refractivity contribution in [2.24, 2.45) is 5.10 Å². The highest BCUT2D eigenvalue weighted by atomic mass is 32.2. The first-order chi connectivity index (χ1) is 13.3. The lowest BCUT2D eigenvalue weighted by atomic mass is 10.2. The highest BCUT2D eigenvalue weighted by Gasteiger charge is 2.29. The molecule has 0 amide bonds. The zero-order valence-corrected chi connectivity index (χ0v) is 15.5. The fraction of sp³-hybridized carbons (Fsp3) is 0.235. The van der Waals surface area contributed by atoms with Crippen LogP contribution in [0.15, 0.2) is 46.4 Å². The Labute approximate surface area is 160 Å². The fourth-order valence-electron chi connectivity index (χ4n) is 2.82. The number of rotatable bonds is 6. The maximum atomic E-state index is 12.6. The van der Waals surface area contributed by atoms with Crippen LogP contribution >= 0.6 is 0 Å². The maximum Gasteiger partial charge on any atom is 0.295 e. The molecule has 0 bridgehead atoms. The predicted octanol–water partition coefficient (Wildman–Crippen LogP) is 2.24. The number of hydrazone groups is 1. The molecule has 1 fully saturated rings. The van der Waals surface area contributed by atoms with E-state index in [0.717, 1.165) is 18.9 Å². The number of hydrogen-bond acceptors (Lipinski definition) is 8. The van der Waals surface area contributed by atoms with Crippen LogP contribution < -0.4 is 5.43 Å². The van der Waals surface area contributed by atoms with E-state index in [9.17, 15) is 28.7 Å². The normalized spacial score (nSPS) is 15.1. The second-order valence-electron chi connectivity index (χ2n) is 6.13. The molecule has 28 heavy (non-hydrogen) atoms. The van der Waals surface area contributed by atoms with Gasteiger partial charge in [-0.1, -0.05) is 6.07 Å². The van der Waals surface area contributed by atoms with Gasteiger partial charge in [-0.25, -0.2) is 8.42 Å². The van der Waals surface area contributed by atoms with Gasteiger partial charge in [0.1, 0.15) is 5.69 Å². The minimum atomic E-state index is -3.78. The van der Waals surface area contributed by atoms with Crippen LogP contribution in [-0.2, 0) is 10.0 Å². The molecule has 3 N–H and O–H groups in total. The molecule has 3 rings (SSSR count). The number of anilines is 1. The van der Waals surface area contributed by atoms with Crippen LogP contribution in [0.5, 0.6) is 11.5 Å². The fourth-order valence-corrected chi connectivity index (χ4v) is 4.36. The maximum absolute atomic E-state index is 12.6. The summed E-state index contributed by atoms with van der Waals surface area (Å²) in [5.41, 5.74) is 2.20. The van der Waals surface area contributed by atoms with E-state index >= 15 is 0 Å². The summed E-state index contributed by atoms with van der Waals surface area (Å²) in [5, 5.41) is 34.4. The van der Waals surface area contributed by atoms with Gasteiger partial charge in [-0.05, 0) is 37.1 Å². The molecule has 0 radical (unpaired) electrons. The van der Waals surface area contributed by atoms with Crippen LogP contribution in [0.25, 0.3) is 0 Å². The highest BCUT2D eigenvalue weighted by Crippen LogP contribution is 2.30. The molecule has 2 aromatic carbocycles. The quantitative estimate of drug-likeness (QED) is 0.289. The second kappa shape index (κ2) is 7.82. The first-order valence-electron chi connectivity index (χ1n) is 8.39. The van der Waals surface area contributed by atoms with E-state index in [1.54, 1.807) is 0 Å². The van der Waals surface area contributed by atoms with Crippen molar-refractivity contribution in [1.29, 1.82) is 0 Å². The summed E-state index contributed by atoms with van der Waals surface area (Å²) in [5.74, 6) is -0.707. The minimum Gasteiger partial charge on any atom is -0.504 e. The van der Waals surface area contributed by atoms with Crippen molar-refractivity contribution in [3.63, 3.8) is 0 Å². The van der Waals surface area contributed by atoms with Gasteiger partial charge in [0.05, 0.1) is 16.0 Å². The molecule has 0 unspecified atom stereocenters. The van der Waals surface area contributed by atoms with Crippen molar-refractivity contribution in [2.75, 3.05) is 18.5 Å². The number of nitro benzene ring substituents is 1. The Morgan fingerprint density at radius 3 is 2.57 bits per heavy atom. The molecular formula is C17H18N4O6S. The zero-order chi connectivity index (χ0) is 20.3. The number of phenolic OH excluding ortho intramolecular Hbond substituents is 2. The van der Waals surface area contributed by atoms with Gasteiger partial charge in [-0.3, -0.25) is 15.5 Å². The number of para-hydroxylation sites is 1. The molecule has 0 aliphatic carbocycles. The topological polar surface area (TPSA) is 145 Å². The van der Waals surface area contributed by atoms with Crippen molar-refractivity contribution >= 4 is 27.6 Å². The first-order valence-corrected chi connectivity index (χ1v) is 9.83. The number of phenols is 2. The molecular weight excluding hydrogens is 388 g/mol. The largest absolute Gasteiger partial charge is 0.504 e. The summed E-state index contributed by atoms with van der Waals surface area (Å²) < 4.78 is 26.5. The Balaban J connectivity index is 1.86. The van der Waals surface area contributed by atoms with Crippen molar-refractivity contribution < 1.29 is 23.6 Å². The number of aromatic hydroxyl groups is 2. The van der Waals surface area contributed by atoms with Crippen LogP contribution in [0.4, 0.5) is 11.4 Å². The average molecular weight is 406 g/mol. The molecule has 0 aromatic heterocycles. The molecule has 1 saturated heterocycles.